The normalized spacial score (nSPS) is 14.9. The molecule has 0 aliphatic heterocycles. The monoisotopic (exact) mass is 290 g/mol. The van der Waals surface area contributed by atoms with Gasteiger partial charge in [-0.1, -0.05) is 53.7 Å². The van der Waals surface area contributed by atoms with Crippen LogP contribution in [0.4, 0.5) is 0 Å². The van der Waals surface area contributed by atoms with E-state index in [0.717, 1.165) is 12.8 Å². The Morgan fingerprint density at radius 1 is 1.10 bits per heavy atom. The predicted octanol–water partition coefficient (Wildman–Crippen LogP) is 5.35. The van der Waals surface area contributed by atoms with E-state index in [1.165, 1.54) is 5.56 Å². The Balaban J connectivity index is 2.83. The first kappa shape index (κ1) is 17.7. The molecule has 2 nitrogen and oxygen atoms in total. The molecule has 2 heteroatoms. The molecule has 0 aliphatic rings. The van der Waals surface area contributed by atoms with Crippen molar-refractivity contribution in [3.63, 3.8) is 0 Å². The highest BCUT2D eigenvalue weighted by Gasteiger charge is 2.34. The van der Waals surface area contributed by atoms with Crippen LogP contribution in [0, 0.1) is 11.3 Å². The van der Waals surface area contributed by atoms with E-state index < -0.39 is 5.41 Å². The van der Waals surface area contributed by atoms with Crippen molar-refractivity contribution in [2.75, 3.05) is 0 Å². The largest absolute Gasteiger partial charge is 0.426 e. The number of hydrogen-bond donors (Lipinski definition) is 0. The molecule has 0 saturated carbocycles. The van der Waals surface area contributed by atoms with Gasteiger partial charge in [-0.05, 0) is 48.8 Å². The quantitative estimate of drug-likeness (QED) is 0.539. The highest BCUT2D eigenvalue weighted by Crippen LogP contribution is 2.32. The van der Waals surface area contributed by atoms with Crippen LogP contribution in [0.25, 0.3) is 0 Å². The SMILES string of the molecule is CCC(C)(CC(C)C)C(=O)Oc1ccc(C(C)(C)C)cc1. The zero-order valence-electron chi connectivity index (χ0n) is 14.6. The van der Waals surface area contributed by atoms with Gasteiger partial charge in [-0.15, -0.1) is 0 Å². The first-order valence-electron chi connectivity index (χ1n) is 7.91. The molecule has 0 aliphatic carbocycles. The van der Waals surface area contributed by atoms with Crippen molar-refractivity contribution < 1.29 is 9.53 Å². The van der Waals surface area contributed by atoms with Crippen LogP contribution in [0.5, 0.6) is 5.75 Å². The second kappa shape index (κ2) is 6.64. The van der Waals surface area contributed by atoms with Gasteiger partial charge in [0.25, 0.3) is 0 Å². The molecule has 118 valence electrons. The maximum atomic E-state index is 12.5. The average molecular weight is 290 g/mol. The summed E-state index contributed by atoms with van der Waals surface area (Å²) in [6.07, 6.45) is 1.65. The van der Waals surface area contributed by atoms with Crippen LogP contribution in [-0.4, -0.2) is 5.97 Å². The summed E-state index contributed by atoms with van der Waals surface area (Å²) < 4.78 is 5.60. The Hall–Kier alpha value is -1.31. The molecule has 0 fully saturated rings. The minimum atomic E-state index is -0.406. The molecule has 0 heterocycles. The van der Waals surface area contributed by atoms with Gasteiger partial charge in [0.2, 0.25) is 0 Å². The number of rotatable bonds is 5. The second-order valence-corrected chi connectivity index (χ2v) is 7.68. The number of carbonyl (C=O) groups is 1. The molecule has 1 aromatic carbocycles. The molecule has 0 amide bonds. The Morgan fingerprint density at radius 3 is 2.00 bits per heavy atom. The van der Waals surface area contributed by atoms with Crippen molar-refractivity contribution in [2.45, 2.75) is 66.7 Å². The Morgan fingerprint density at radius 2 is 1.62 bits per heavy atom. The van der Waals surface area contributed by atoms with Crippen LogP contribution in [0.2, 0.25) is 0 Å². The van der Waals surface area contributed by atoms with E-state index in [1.807, 2.05) is 38.1 Å². The zero-order valence-corrected chi connectivity index (χ0v) is 14.6. The molecule has 1 unspecified atom stereocenters. The summed E-state index contributed by atoms with van der Waals surface area (Å²) in [5.74, 6) is 0.990. The van der Waals surface area contributed by atoms with Gasteiger partial charge in [-0.3, -0.25) is 4.79 Å². The van der Waals surface area contributed by atoms with Crippen LogP contribution in [0.3, 0.4) is 0 Å². The standard InChI is InChI=1S/C19H30O2/c1-8-19(7,13-14(2)3)17(20)21-16-11-9-15(10-12-16)18(4,5)6/h9-12,14H,8,13H2,1-7H3. The van der Waals surface area contributed by atoms with E-state index in [2.05, 4.69) is 34.6 Å². The molecule has 0 radical (unpaired) electrons. The molecular weight excluding hydrogens is 260 g/mol. The van der Waals surface area contributed by atoms with Gasteiger partial charge in [0.05, 0.1) is 5.41 Å². The van der Waals surface area contributed by atoms with Crippen molar-refractivity contribution >= 4 is 5.97 Å². The lowest BCUT2D eigenvalue weighted by Gasteiger charge is -2.27. The summed E-state index contributed by atoms with van der Waals surface area (Å²) in [6.45, 7) is 14.8. The van der Waals surface area contributed by atoms with Gasteiger partial charge < -0.3 is 4.74 Å². The molecule has 0 saturated heterocycles. The smallest absolute Gasteiger partial charge is 0.317 e. The fourth-order valence-electron chi connectivity index (χ4n) is 2.53. The Labute approximate surface area is 129 Å². The van der Waals surface area contributed by atoms with E-state index >= 15 is 0 Å². The van der Waals surface area contributed by atoms with Gasteiger partial charge in [-0.2, -0.15) is 0 Å². The molecule has 1 rings (SSSR count). The van der Waals surface area contributed by atoms with Gasteiger partial charge in [0.15, 0.2) is 0 Å². The summed E-state index contributed by atoms with van der Waals surface area (Å²) in [7, 11) is 0. The highest BCUT2D eigenvalue weighted by atomic mass is 16.5. The van der Waals surface area contributed by atoms with Crippen molar-refractivity contribution in [1.82, 2.24) is 0 Å². The number of ether oxygens (including phenoxy) is 1. The van der Waals surface area contributed by atoms with E-state index in [1.54, 1.807) is 0 Å². The van der Waals surface area contributed by atoms with Crippen molar-refractivity contribution in [2.24, 2.45) is 11.3 Å². The predicted molar refractivity (Wildman–Crippen MR) is 88.6 cm³/mol. The van der Waals surface area contributed by atoms with Gasteiger partial charge in [0, 0.05) is 0 Å². The maximum absolute atomic E-state index is 12.5. The number of carbonyl (C=O) groups excluding carboxylic acids is 1. The van der Waals surface area contributed by atoms with E-state index in [4.69, 9.17) is 4.74 Å². The first-order valence-corrected chi connectivity index (χ1v) is 7.91. The van der Waals surface area contributed by atoms with Crippen LogP contribution < -0.4 is 4.74 Å². The topological polar surface area (TPSA) is 26.3 Å². The van der Waals surface area contributed by atoms with Crippen LogP contribution in [0.1, 0.15) is 66.9 Å². The van der Waals surface area contributed by atoms with E-state index in [9.17, 15) is 4.79 Å². The minimum Gasteiger partial charge on any atom is -0.426 e. The fraction of sp³-hybridized carbons (Fsp3) is 0.632. The summed E-state index contributed by atoms with van der Waals surface area (Å²) in [5, 5.41) is 0. The fourth-order valence-corrected chi connectivity index (χ4v) is 2.53. The molecule has 1 atom stereocenters. The molecule has 1 aromatic rings. The average Bonchev–Trinajstić information content (AvgIpc) is 2.37. The van der Waals surface area contributed by atoms with Crippen LogP contribution in [0.15, 0.2) is 24.3 Å². The molecule has 0 spiro atoms. The third kappa shape index (κ3) is 4.87. The Bertz CT molecular complexity index is 465. The molecule has 0 aromatic heterocycles. The maximum Gasteiger partial charge on any atom is 0.317 e. The lowest BCUT2D eigenvalue weighted by atomic mass is 9.80. The minimum absolute atomic E-state index is 0.109. The number of esters is 1. The molecular formula is C19H30O2. The number of hydrogen-bond acceptors (Lipinski definition) is 2. The van der Waals surface area contributed by atoms with Crippen LogP contribution in [-0.2, 0) is 10.2 Å². The highest BCUT2D eigenvalue weighted by molar-refractivity contribution is 5.78. The first-order chi connectivity index (χ1) is 9.58. The molecule has 0 N–H and O–H groups in total. The van der Waals surface area contributed by atoms with Crippen molar-refractivity contribution in [3.05, 3.63) is 29.8 Å². The summed E-state index contributed by atoms with van der Waals surface area (Å²) in [6, 6.07) is 7.86. The third-order valence-electron chi connectivity index (χ3n) is 4.06. The lowest BCUT2D eigenvalue weighted by Crippen LogP contribution is -2.32. The van der Waals surface area contributed by atoms with Gasteiger partial charge in [-0.25, -0.2) is 0 Å². The Kier molecular flexibility index (Phi) is 5.61. The summed E-state index contributed by atoms with van der Waals surface area (Å²) >= 11 is 0. The second-order valence-electron chi connectivity index (χ2n) is 7.68. The van der Waals surface area contributed by atoms with Crippen molar-refractivity contribution in [3.8, 4) is 5.75 Å². The van der Waals surface area contributed by atoms with E-state index in [0.29, 0.717) is 11.7 Å². The number of benzene rings is 1. The van der Waals surface area contributed by atoms with Crippen LogP contribution >= 0.6 is 0 Å². The summed E-state index contributed by atoms with van der Waals surface area (Å²) in [4.78, 5) is 12.5. The molecule has 0 bridgehead atoms. The van der Waals surface area contributed by atoms with Gasteiger partial charge in [0.1, 0.15) is 5.75 Å². The van der Waals surface area contributed by atoms with E-state index in [-0.39, 0.29) is 11.4 Å². The lowest BCUT2D eigenvalue weighted by molar-refractivity contribution is -0.146. The zero-order chi connectivity index (χ0) is 16.3. The summed E-state index contributed by atoms with van der Waals surface area (Å²) in [5.41, 5.74) is 0.942. The van der Waals surface area contributed by atoms with Crippen molar-refractivity contribution in [1.29, 1.82) is 0 Å². The van der Waals surface area contributed by atoms with Gasteiger partial charge >= 0.3 is 5.97 Å². The third-order valence-corrected chi connectivity index (χ3v) is 4.06. The molecule has 21 heavy (non-hydrogen) atoms.